The van der Waals surface area contributed by atoms with E-state index in [2.05, 4.69) is 10.5 Å². The van der Waals surface area contributed by atoms with Crippen molar-refractivity contribution in [1.82, 2.24) is 5.43 Å². The lowest BCUT2D eigenvalue weighted by Gasteiger charge is -2.12. The molecule has 4 aromatic carbocycles. The SMILES string of the molecule is COc1cc(C(=O)N/N=C/c2cccc(Oc3ccc(C(F)(F)F)cc3[N+](=O)[O-])c2)ccc1OCc1ccccc1. The highest BCUT2D eigenvalue weighted by molar-refractivity contribution is 5.95. The van der Waals surface area contributed by atoms with E-state index in [1.165, 1.54) is 31.5 Å². The average molecular weight is 566 g/mol. The first-order valence-electron chi connectivity index (χ1n) is 12.0. The van der Waals surface area contributed by atoms with Gasteiger partial charge in [-0.2, -0.15) is 18.3 Å². The Kier molecular flexibility index (Phi) is 8.82. The van der Waals surface area contributed by atoms with Crippen molar-refractivity contribution in [2.45, 2.75) is 12.8 Å². The molecule has 0 aliphatic rings. The monoisotopic (exact) mass is 565 g/mol. The second-order valence-corrected chi connectivity index (χ2v) is 8.45. The molecule has 0 radical (unpaired) electrons. The van der Waals surface area contributed by atoms with Crippen LogP contribution in [0.3, 0.4) is 0 Å². The molecule has 0 aliphatic carbocycles. The van der Waals surface area contributed by atoms with E-state index in [4.69, 9.17) is 14.2 Å². The summed E-state index contributed by atoms with van der Waals surface area (Å²) in [6, 6.07) is 22.3. The third-order valence-electron chi connectivity index (χ3n) is 5.61. The normalized spacial score (nSPS) is 11.2. The Hall–Kier alpha value is -5.39. The second kappa shape index (κ2) is 12.6. The van der Waals surface area contributed by atoms with Gasteiger partial charge in [-0.05, 0) is 53.6 Å². The number of methoxy groups -OCH3 is 1. The summed E-state index contributed by atoms with van der Waals surface area (Å²) in [6.45, 7) is 0.321. The number of carbonyl (C=O) groups is 1. The Balaban J connectivity index is 1.41. The minimum Gasteiger partial charge on any atom is -0.493 e. The number of amides is 1. The number of hydrogen-bond acceptors (Lipinski definition) is 7. The second-order valence-electron chi connectivity index (χ2n) is 8.45. The molecule has 0 saturated carbocycles. The van der Waals surface area contributed by atoms with Crippen LogP contribution in [0.2, 0.25) is 0 Å². The van der Waals surface area contributed by atoms with E-state index in [1.54, 1.807) is 24.3 Å². The maximum absolute atomic E-state index is 13.0. The molecule has 0 spiro atoms. The smallest absolute Gasteiger partial charge is 0.416 e. The van der Waals surface area contributed by atoms with Crippen LogP contribution in [0.15, 0.2) is 96.1 Å². The number of rotatable bonds is 10. The quantitative estimate of drug-likeness (QED) is 0.129. The van der Waals surface area contributed by atoms with E-state index in [9.17, 15) is 28.1 Å². The molecular weight excluding hydrogens is 543 g/mol. The standard InChI is InChI=1S/C29H22F3N3O6/c1-39-27-15-21(10-12-26(27)40-18-19-6-3-2-4-7-19)28(36)34-33-17-20-8-5-9-23(14-20)41-25-13-11-22(29(30,31)32)16-24(25)35(37)38/h2-17H,18H2,1H3,(H,34,36)/b33-17+. The summed E-state index contributed by atoms with van der Waals surface area (Å²) in [5, 5.41) is 15.2. The van der Waals surface area contributed by atoms with Crippen LogP contribution in [-0.4, -0.2) is 24.2 Å². The molecule has 210 valence electrons. The maximum atomic E-state index is 13.0. The molecule has 0 aromatic heterocycles. The van der Waals surface area contributed by atoms with E-state index in [1.807, 2.05) is 30.3 Å². The van der Waals surface area contributed by atoms with E-state index in [-0.39, 0.29) is 17.1 Å². The number of nitro benzene ring substituents is 1. The molecule has 0 bridgehead atoms. The van der Waals surface area contributed by atoms with Crippen LogP contribution in [0.5, 0.6) is 23.0 Å². The summed E-state index contributed by atoms with van der Waals surface area (Å²) in [5.74, 6) is 0.0395. The fraction of sp³-hybridized carbons (Fsp3) is 0.103. The van der Waals surface area contributed by atoms with Gasteiger partial charge in [0.1, 0.15) is 12.4 Å². The summed E-state index contributed by atoms with van der Waals surface area (Å²) in [7, 11) is 1.46. The number of nitrogens with zero attached hydrogens (tertiary/aromatic N) is 2. The molecule has 4 rings (SSSR count). The molecule has 0 atom stereocenters. The van der Waals surface area contributed by atoms with Gasteiger partial charge in [-0.3, -0.25) is 14.9 Å². The molecule has 1 amide bonds. The van der Waals surface area contributed by atoms with E-state index < -0.39 is 28.3 Å². The Morgan fingerprint density at radius 3 is 2.41 bits per heavy atom. The number of alkyl halides is 3. The van der Waals surface area contributed by atoms with Crippen LogP contribution >= 0.6 is 0 Å². The number of ether oxygens (including phenoxy) is 3. The highest BCUT2D eigenvalue weighted by Crippen LogP contribution is 2.38. The topological polar surface area (TPSA) is 112 Å². The zero-order chi connectivity index (χ0) is 29.4. The van der Waals surface area contributed by atoms with Gasteiger partial charge in [0.05, 0.1) is 23.8 Å². The van der Waals surface area contributed by atoms with Crippen molar-refractivity contribution in [2.75, 3.05) is 7.11 Å². The van der Waals surface area contributed by atoms with Crippen molar-refractivity contribution in [3.63, 3.8) is 0 Å². The van der Waals surface area contributed by atoms with Gasteiger partial charge in [0.2, 0.25) is 5.75 Å². The molecule has 9 nitrogen and oxygen atoms in total. The predicted octanol–water partition coefficient (Wildman–Crippen LogP) is 6.76. The molecular formula is C29H22F3N3O6. The van der Waals surface area contributed by atoms with Crippen molar-refractivity contribution in [3.8, 4) is 23.0 Å². The first-order chi connectivity index (χ1) is 19.6. The third-order valence-corrected chi connectivity index (χ3v) is 5.61. The molecule has 0 unspecified atom stereocenters. The number of nitro groups is 1. The van der Waals surface area contributed by atoms with E-state index in [0.717, 1.165) is 11.6 Å². The summed E-state index contributed by atoms with van der Waals surface area (Å²) in [5.41, 5.74) is 2.06. The minimum atomic E-state index is -4.74. The van der Waals surface area contributed by atoms with Crippen molar-refractivity contribution in [1.29, 1.82) is 0 Å². The van der Waals surface area contributed by atoms with Gasteiger partial charge < -0.3 is 14.2 Å². The molecule has 0 heterocycles. The van der Waals surface area contributed by atoms with Crippen LogP contribution < -0.4 is 19.6 Å². The Morgan fingerprint density at radius 2 is 1.71 bits per heavy atom. The first-order valence-corrected chi connectivity index (χ1v) is 12.0. The summed E-state index contributed by atoms with van der Waals surface area (Å²) in [6.07, 6.45) is -3.44. The predicted molar refractivity (Wildman–Crippen MR) is 143 cm³/mol. The molecule has 41 heavy (non-hydrogen) atoms. The number of carbonyl (C=O) groups excluding carboxylic acids is 1. The first kappa shape index (κ1) is 28.6. The van der Waals surface area contributed by atoms with Crippen molar-refractivity contribution in [2.24, 2.45) is 5.10 Å². The van der Waals surface area contributed by atoms with Crippen molar-refractivity contribution in [3.05, 3.63) is 123 Å². The van der Waals surface area contributed by atoms with Crippen LogP contribution in [-0.2, 0) is 12.8 Å². The minimum absolute atomic E-state index is 0.110. The fourth-order valence-corrected chi connectivity index (χ4v) is 3.60. The summed E-state index contributed by atoms with van der Waals surface area (Å²) >= 11 is 0. The lowest BCUT2D eigenvalue weighted by molar-refractivity contribution is -0.385. The van der Waals surface area contributed by atoms with Crippen LogP contribution in [0.25, 0.3) is 0 Å². The lowest BCUT2D eigenvalue weighted by Crippen LogP contribution is -2.17. The summed E-state index contributed by atoms with van der Waals surface area (Å²) < 4.78 is 55.5. The van der Waals surface area contributed by atoms with Crippen LogP contribution in [0.1, 0.15) is 27.0 Å². The van der Waals surface area contributed by atoms with Gasteiger partial charge in [0.15, 0.2) is 11.5 Å². The summed E-state index contributed by atoms with van der Waals surface area (Å²) in [4.78, 5) is 23.0. The largest absolute Gasteiger partial charge is 0.493 e. The zero-order valence-electron chi connectivity index (χ0n) is 21.4. The Morgan fingerprint density at radius 1 is 0.951 bits per heavy atom. The number of nitrogens with one attached hydrogen (secondary N) is 1. The molecule has 12 heteroatoms. The number of hydrazone groups is 1. The maximum Gasteiger partial charge on any atom is 0.416 e. The van der Waals surface area contributed by atoms with Gasteiger partial charge in [0, 0.05) is 11.6 Å². The Labute approximate surface area is 231 Å². The van der Waals surface area contributed by atoms with Gasteiger partial charge in [0.25, 0.3) is 5.91 Å². The van der Waals surface area contributed by atoms with Gasteiger partial charge in [-0.15, -0.1) is 0 Å². The third kappa shape index (κ3) is 7.60. The number of hydrogen-bond donors (Lipinski definition) is 1. The molecule has 4 aromatic rings. The lowest BCUT2D eigenvalue weighted by atomic mass is 10.2. The average Bonchev–Trinajstić information content (AvgIpc) is 2.96. The van der Waals surface area contributed by atoms with E-state index >= 15 is 0 Å². The van der Waals surface area contributed by atoms with Gasteiger partial charge >= 0.3 is 11.9 Å². The van der Waals surface area contributed by atoms with E-state index in [0.29, 0.717) is 35.8 Å². The molecule has 1 N–H and O–H groups in total. The number of benzene rings is 4. The van der Waals surface area contributed by atoms with Crippen molar-refractivity contribution >= 4 is 17.8 Å². The van der Waals surface area contributed by atoms with Crippen LogP contribution in [0, 0.1) is 10.1 Å². The van der Waals surface area contributed by atoms with Gasteiger partial charge in [-0.25, -0.2) is 5.43 Å². The fourth-order valence-electron chi connectivity index (χ4n) is 3.60. The number of halogens is 3. The highest BCUT2D eigenvalue weighted by atomic mass is 19.4. The van der Waals surface area contributed by atoms with Crippen LogP contribution in [0.4, 0.5) is 18.9 Å². The highest BCUT2D eigenvalue weighted by Gasteiger charge is 2.33. The Bertz CT molecular complexity index is 1580. The molecule has 0 fully saturated rings. The molecule has 0 saturated heterocycles. The van der Waals surface area contributed by atoms with Crippen molar-refractivity contribution < 1.29 is 37.1 Å². The zero-order valence-corrected chi connectivity index (χ0v) is 21.4. The van der Waals surface area contributed by atoms with Gasteiger partial charge in [-0.1, -0.05) is 42.5 Å². The molecule has 0 aliphatic heterocycles.